The minimum atomic E-state index is 0.798. The number of rotatable bonds is 5. The summed E-state index contributed by atoms with van der Waals surface area (Å²) < 4.78 is 0. The van der Waals surface area contributed by atoms with Crippen LogP contribution in [0.1, 0.15) is 32.3 Å². The topological polar surface area (TPSA) is 0 Å². The Morgan fingerprint density at radius 3 is 2.53 bits per heavy atom. The molecule has 0 spiro atoms. The van der Waals surface area contributed by atoms with Crippen LogP contribution in [-0.2, 0) is 0 Å². The molecule has 0 aromatic heterocycles. The van der Waals surface area contributed by atoms with Crippen molar-refractivity contribution in [1.29, 1.82) is 0 Å². The summed E-state index contributed by atoms with van der Waals surface area (Å²) in [5.74, 6) is 0.798. The standard InChI is InChI=1S/C15H20/c1-3-14(2)10-6-4-7-11-15-12-8-5-9-13-15/h4-9,11-14H,3,10H2,1-2H3/b6-4+,11-7+. The van der Waals surface area contributed by atoms with E-state index >= 15 is 0 Å². The minimum Gasteiger partial charge on any atom is -0.0843 e. The molecule has 0 aliphatic carbocycles. The van der Waals surface area contributed by atoms with E-state index in [-0.39, 0.29) is 0 Å². The molecule has 0 radical (unpaired) electrons. The van der Waals surface area contributed by atoms with E-state index in [9.17, 15) is 0 Å². The first-order valence-electron chi connectivity index (χ1n) is 5.71. The number of hydrogen-bond donors (Lipinski definition) is 0. The van der Waals surface area contributed by atoms with E-state index in [1.54, 1.807) is 0 Å². The third kappa shape index (κ3) is 5.21. The van der Waals surface area contributed by atoms with E-state index in [4.69, 9.17) is 0 Å². The molecule has 1 aromatic rings. The van der Waals surface area contributed by atoms with Gasteiger partial charge in [0, 0.05) is 0 Å². The molecular formula is C15H20. The summed E-state index contributed by atoms with van der Waals surface area (Å²) in [5.41, 5.74) is 1.26. The van der Waals surface area contributed by atoms with Crippen molar-refractivity contribution >= 4 is 6.08 Å². The second-order valence-electron chi connectivity index (χ2n) is 3.95. The van der Waals surface area contributed by atoms with Crippen LogP contribution in [0.15, 0.2) is 48.6 Å². The molecule has 0 nitrogen and oxygen atoms in total. The average Bonchev–Trinajstić information content (AvgIpc) is 2.29. The smallest absolute Gasteiger partial charge is 0.0257 e. The second kappa shape index (κ2) is 7.05. The minimum absolute atomic E-state index is 0.798. The van der Waals surface area contributed by atoms with Crippen LogP contribution in [0.3, 0.4) is 0 Å². The zero-order valence-electron chi connectivity index (χ0n) is 9.69. The number of hydrogen-bond acceptors (Lipinski definition) is 0. The van der Waals surface area contributed by atoms with Crippen molar-refractivity contribution in [3.05, 3.63) is 54.1 Å². The van der Waals surface area contributed by atoms with Gasteiger partial charge in [-0.05, 0) is 17.9 Å². The molecule has 0 aliphatic heterocycles. The predicted molar refractivity (Wildman–Crippen MR) is 68.7 cm³/mol. The Labute approximate surface area is 93.3 Å². The lowest BCUT2D eigenvalue weighted by molar-refractivity contribution is 0.572. The van der Waals surface area contributed by atoms with E-state index in [0.717, 1.165) is 5.92 Å². The Morgan fingerprint density at radius 2 is 1.87 bits per heavy atom. The Balaban J connectivity index is 2.34. The zero-order chi connectivity index (χ0) is 10.9. The Hall–Kier alpha value is -1.30. The molecule has 0 amide bonds. The molecule has 0 fully saturated rings. The summed E-state index contributed by atoms with van der Waals surface area (Å²) in [6.45, 7) is 4.52. The van der Waals surface area contributed by atoms with Crippen molar-refractivity contribution in [3.63, 3.8) is 0 Å². The van der Waals surface area contributed by atoms with E-state index < -0.39 is 0 Å². The maximum atomic E-state index is 2.28. The summed E-state index contributed by atoms with van der Waals surface area (Å²) in [7, 11) is 0. The Bertz CT molecular complexity index is 306. The van der Waals surface area contributed by atoms with Crippen molar-refractivity contribution in [2.75, 3.05) is 0 Å². The maximum absolute atomic E-state index is 2.28. The van der Waals surface area contributed by atoms with Gasteiger partial charge in [0.25, 0.3) is 0 Å². The van der Waals surface area contributed by atoms with Gasteiger partial charge in [-0.2, -0.15) is 0 Å². The summed E-state index contributed by atoms with van der Waals surface area (Å²) in [5, 5.41) is 0. The van der Waals surface area contributed by atoms with Crippen LogP contribution in [0.4, 0.5) is 0 Å². The van der Waals surface area contributed by atoms with Gasteiger partial charge in [0.15, 0.2) is 0 Å². The summed E-state index contributed by atoms with van der Waals surface area (Å²) in [6.07, 6.45) is 11.1. The summed E-state index contributed by atoms with van der Waals surface area (Å²) in [6, 6.07) is 10.4. The zero-order valence-corrected chi connectivity index (χ0v) is 9.69. The summed E-state index contributed by atoms with van der Waals surface area (Å²) in [4.78, 5) is 0. The van der Waals surface area contributed by atoms with Crippen LogP contribution in [0.25, 0.3) is 6.08 Å². The highest BCUT2D eigenvalue weighted by Crippen LogP contribution is 2.07. The molecular weight excluding hydrogens is 180 g/mol. The fourth-order valence-electron chi connectivity index (χ4n) is 1.29. The van der Waals surface area contributed by atoms with Gasteiger partial charge in [0.1, 0.15) is 0 Å². The van der Waals surface area contributed by atoms with Crippen LogP contribution in [0.2, 0.25) is 0 Å². The van der Waals surface area contributed by atoms with E-state index in [1.807, 2.05) is 6.07 Å². The SMILES string of the molecule is CCC(C)C/C=C/C=C/c1ccccc1. The molecule has 1 atom stereocenters. The largest absolute Gasteiger partial charge is 0.0843 e. The van der Waals surface area contributed by atoms with Crippen molar-refractivity contribution in [2.45, 2.75) is 26.7 Å². The fraction of sp³-hybridized carbons (Fsp3) is 0.333. The lowest BCUT2D eigenvalue weighted by Crippen LogP contribution is -1.87. The molecule has 0 saturated heterocycles. The summed E-state index contributed by atoms with van der Waals surface area (Å²) >= 11 is 0. The van der Waals surface area contributed by atoms with Crippen LogP contribution in [0, 0.1) is 5.92 Å². The number of benzene rings is 1. The molecule has 80 valence electrons. The molecule has 0 saturated carbocycles. The Kier molecular flexibility index (Phi) is 5.54. The average molecular weight is 200 g/mol. The first-order chi connectivity index (χ1) is 7.33. The maximum Gasteiger partial charge on any atom is -0.0257 e. The third-order valence-corrected chi connectivity index (χ3v) is 2.57. The quantitative estimate of drug-likeness (QED) is 0.605. The van der Waals surface area contributed by atoms with Gasteiger partial charge in [-0.3, -0.25) is 0 Å². The molecule has 0 bridgehead atoms. The monoisotopic (exact) mass is 200 g/mol. The lowest BCUT2D eigenvalue weighted by Gasteiger charge is -2.01. The highest BCUT2D eigenvalue weighted by atomic mass is 14.0. The molecule has 1 rings (SSSR count). The van der Waals surface area contributed by atoms with Crippen LogP contribution in [-0.4, -0.2) is 0 Å². The van der Waals surface area contributed by atoms with Gasteiger partial charge < -0.3 is 0 Å². The highest BCUT2D eigenvalue weighted by molar-refractivity contribution is 5.50. The first-order valence-corrected chi connectivity index (χ1v) is 5.71. The molecule has 1 aromatic carbocycles. The fourth-order valence-corrected chi connectivity index (χ4v) is 1.29. The molecule has 1 unspecified atom stereocenters. The molecule has 15 heavy (non-hydrogen) atoms. The van der Waals surface area contributed by atoms with Crippen molar-refractivity contribution < 1.29 is 0 Å². The highest BCUT2D eigenvalue weighted by Gasteiger charge is 1.92. The molecule has 0 heterocycles. The van der Waals surface area contributed by atoms with Crippen LogP contribution < -0.4 is 0 Å². The van der Waals surface area contributed by atoms with Gasteiger partial charge >= 0.3 is 0 Å². The van der Waals surface area contributed by atoms with Gasteiger partial charge in [-0.1, -0.05) is 74.9 Å². The van der Waals surface area contributed by atoms with Gasteiger partial charge in [-0.15, -0.1) is 0 Å². The molecule has 0 aliphatic rings. The van der Waals surface area contributed by atoms with Crippen molar-refractivity contribution in [3.8, 4) is 0 Å². The van der Waals surface area contributed by atoms with E-state index in [1.165, 1.54) is 18.4 Å². The van der Waals surface area contributed by atoms with Crippen molar-refractivity contribution in [1.82, 2.24) is 0 Å². The predicted octanol–water partition coefficient (Wildman–Crippen LogP) is 4.69. The first kappa shape index (κ1) is 11.8. The van der Waals surface area contributed by atoms with E-state index in [2.05, 4.69) is 62.4 Å². The van der Waals surface area contributed by atoms with Gasteiger partial charge in [0.05, 0.1) is 0 Å². The van der Waals surface area contributed by atoms with Crippen molar-refractivity contribution in [2.24, 2.45) is 5.92 Å². The number of allylic oxidation sites excluding steroid dienone is 3. The third-order valence-electron chi connectivity index (χ3n) is 2.57. The van der Waals surface area contributed by atoms with Gasteiger partial charge in [0.2, 0.25) is 0 Å². The normalized spacial score (nSPS) is 13.7. The lowest BCUT2D eigenvalue weighted by atomic mass is 10.1. The van der Waals surface area contributed by atoms with Gasteiger partial charge in [-0.25, -0.2) is 0 Å². The molecule has 0 heteroatoms. The second-order valence-corrected chi connectivity index (χ2v) is 3.95. The molecule has 0 N–H and O–H groups in total. The Morgan fingerprint density at radius 1 is 1.13 bits per heavy atom. The van der Waals surface area contributed by atoms with Crippen LogP contribution in [0.5, 0.6) is 0 Å². The van der Waals surface area contributed by atoms with E-state index in [0.29, 0.717) is 0 Å². The van der Waals surface area contributed by atoms with Crippen LogP contribution >= 0.6 is 0 Å².